The fraction of sp³-hybridized carbons (Fsp3) is 0.316. The van der Waals surface area contributed by atoms with Gasteiger partial charge < -0.3 is 15.0 Å². The molecule has 0 bridgehead atoms. The van der Waals surface area contributed by atoms with Gasteiger partial charge in [0.05, 0.1) is 22.7 Å². The maximum Gasteiger partial charge on any atom is 0.264 e. The number of anilines is 1. The van der Waals surface area contributed by atoms with Gasteiger partial charge in [-0.3, -0.25) is 13.9 Å². The van der Waals surface area contributed by atoms with E-state index in [-0.39, 0.29) is 40.5 Å². The van der Waals surface area contributed by atoms with E-state index < -0.39 is 28.5 Å². The molecular formula is C38H42ClN3O5S. The van der Waals surface area contributed by atoms with Gasteiger partial charge in [0.2, 0.25) is 11.8 Å². The predicted molar refractivity (Wildman–Crippen MR) is 190 cm³/mol. The van der Waals surface area contributed by atoms with Crippen LogP contribution >= 0.6 is 11.6 Å². The molecule has 4 aromatic carbocycles. The summed E-state index contributed by atoms with van der Waals surface area (Å²) in [5.74, 6) is -0.413. The van der Waals surface area contributed by atoms with Gasteiger partial charge in [-0.05, 0) is 73.7 Å². The molecule has 1 fully saturated rings. The van der Waals surface area contributed by atoms with Gasteiger partial charge >= 0.3 is 0 Å². The lowest BCUT2D eigenvalue weighted by Gasteiger charge is -2.34. The lowest BCUT2D eigenvalue weighted by atomic mass is 10.0. The number of carbonyl (C=O) groups is 2. The second-order valence-corrected chi connectivity index (χ2v) is 14.6. The van der Waals surface area contributed by atoms with E-state index in [9.17, 15) is 18.0 Å². The largest absolute Gasteiger partial charge is 0.495 e. The first-order valence-electron chi connectivity index (χ1n) is 16.2. The third-order valence-electron chi connectivity index (χ3n) is 8.89. The van der Waals surface area contributed by atoms with E-state index in [2.05, 4.69) is 5.32 Å². The van der Waals surface area contributed by atoms with Crippen molar-refractivity contribution < 1.29 is 22.7 Å². The van der Waals surface area contributed by atoms with Gasteiger partial charge in [-0.25, -0.2) is 8.42 Å². The Morgan fingerprint density at radius 2 is 1.58 bits per heavy atom. The molecule has 8 nitrogen and oxygen atoms in total. The Hall–Kier alpha value is -4.34. The zero-order chi connectivity index (χ0) is 34.3. The summed E-state index contributed by atoms with van der Waals surface area (Å²) in [5.41, 5.74) is 3.79. The monoisotopic (exact) mass is 687 g/mol. The predicted octanol–water partition coefficient (Wildman–Crippen LogP) is 6.86. The first kappa shape index (κ1) is 35.0. The Labute approximate surface area is 288 Å². The average molecular weight is 688 g/mol. The van der Waals surface area contributed by atoms with Crippen molar-refractivity contribution in [2.45, 2.75) is 69.5 Å². The number of halogens is 1. The van der Waals surface area contributed by atoms with Crippen LogP contribution in [0, 0.1) is 13.8 Å². The van der Waals surface area contributed by atoms with Crippen LogP contribution in [-0.2, 0) is 32.6 Å². The Balaban J connectivity index is 1.59. The van der Waals surface area contributed by atoms with Crippen molar-refractivity contribution in [1.82, 2.24) is 10.2 Å². The first-order chi connectivity index (χ1) is 23.1. The molecule has 2 amide bonds. The fourth-order valence-electron chi connectivity index (χ4n) is 6.07. The van der Waals surface area contributed by atoms with Crippen LogP contribution in [0.5, 0.6) is 5.75 Å². The number of amides is 2. The summed E-state index contributed by atoms with van der Waals surface area (Å²) in [6.07, 6.45) is 4.11. The Morgan fingerprint density at radius 1 is 0.917 bits per heavy atom. The molecule has 5 rings (SSSR count). The lowest BCUT2D eigenvalue weighted by Crippen LogP contribution is -2.54. The van der Waals surface area contributed by atoms with Gasteiger partial charge in [-0.15, -0.1) is 0 Å². The highest BCUT2D eigenvalue weighted by molar-refractivity contribution is 7.92. The standard InChI is InChI=1S/C38H42ClN3O5S/c1-27-17-20-33(21-18-27)48(45,46)42(32-19-22-36(47-3)34(39)24-32)26-37(43)41(25-30-14-8-7-11-28(30)2)35(23-29-12-5-4-6-13-29)38(44)40-31-15-9-10-16-31/h4-8,11-14,17-22,24,31,35H,9-10,15-16,23,25-26H2,1-3H3,(H,40,44)/t35-/m0/s1. The minimum absolute atomic E-state index is 0.0260. The quantitative estimate of drug-likeness (QED) is 0.166. The lowest BCUT2D eigenvalue weighted by molar-refractivity contribution is -0.140. The van der Waals surface area contributed by atoms with Gasteiger partial charge in [-0.2, -0.15) is 0 Å². The highest BCUT2D eigenvalue weighted by Gasteiger charge is 2.36. The van der Waals surface area contributed by atoms with Gasteiger partial charge in [-0.1, -0.05) is 96.7 Å². The number of sulfonamides is 1. The number of benzene rings is 4. The highest BCUT2D eigenvalue weighted by atomic mass is 35.5. The highest BCUT2D eigenvalue weighted by Crippen LogP contribution is 2.32. The van der Waals surface area contributed by atoms with Gasteiger partial charge in [0, 0.05) is 19.0 Å². The smallest absolute Gasteiger partial charge is 0.264 e. The molecule has 1 aliphatic carbocycles. The molecule has 0 aliphatic heterocycles. The number of rotatable bonds is 13. The normalized spacial score (nSPS) is 13.9. The molecule has 10 heteroatoms. The van der Waals surface area contributed by atoms with Gasteiger partial charge in [0.15, 0.2) is 0 Å². The van der Waals surface area contributed by atoms with Crippen LogP contribution in [0.2, 0.25) is 5.02 Å². The second kappa shape index (κ2) is 15.7. The molecule has 0 spiro atoms. The molecule has 0 heterocycles. The van der Waals surface area contributed by atoms with Crippen LogP contribution < -0.4 is 14.4 Å². The van der Waals surface area contributed by atoms with Crippen molar-refractivity contribution >= 4 is 39.1 Å². The number of nitrogens with one attached hydrogen (secondary N) is 1. The third kappa shape index (κ3) is 8.38. The van der Waals surface area contributed by atoms with Crippen molar-refractivity contribution in [2.75, 3.05) is 18.0 Å². The molecule has 0 radical (unpaired) electrons. The van der Waals surface area contributed by atoms with Crippen LogP contribution in [0.15, 0.2) is 102 Å². The van der Waals surface area contributed by atoms with Crippen LogP contribution in [0.1, 0.15) is 47.9 Å². The maximum absolute atomic E-state index is 14.7. The van der Waals surface area contributed by atoms with Crippen molar-refractivity contribution in [3.05, 3.63) is 124 Å². The molecular weight excluding hydrogens is 646 g/mol. The molecule has 1 N–H and O–H groups in total. The third-order valence-corrected chi connectivity index (χ3v) is 11.0. The van der Waals surface area contributed by atoms with Gasteiger partial charge in [0.25, 0.3) is 10.0 Å². The number of hydrogen-bond acceptors (Lipinski definition) is 5. The van der Waals surface area contributed by atoms with Crippen LogP contribution in [0.3, 0.4) is 0 Å². The molecule has 0 unspecified atom stereocenters. The van der Waals surface area contributed by atoms with Gasteiger partial charge in [0.1, 0.15) is 18.3 Å². The Morgan fingerprint density at radius 3 is 2.23 bits per heavy atom. The average Bonchev–Trinajstić information content (AvgIpc) is 3.59. The molecule has 0 aromatic heterocycles. The molecule has 252 valence electrons. The van der Waals surface area contributed by atoms with E-state index in [0.717, 1.165) is 52.2 Å². The molecule has 48 heavy (non-hydrogen) atoms. The van der Waals surface area contributed by atoms with Crippen molar-refractivity contribution in [3.63, 3.8) is 0 Å². The molecule has 1 aliphatic rings. The van der Waals surface area contributed by atoms with E-state index >= 15 is 0 Å². The summed E-state index contributed by atoms with van der Waals surface area (Å²) in [4.78, 5) is 30.5. The SMILES string of the molecule is COc1ccc(N(CC(=O)N(Cc2ccccc2C)[C@@H](Cc2ccccc2)C(=O)NC2CCCC2)S(=O)(=O)c2ccc(C)cc2)cc1Cl. The number of ether oxygens (including phenoxy) is 1. The Kier molecular flexibility index (Phi) is 11.4. The Bertz CT molecular complexity index is 1830. The summed E-state index contributed by atoms with van der Waals surface area (Å²) in [5, 5.41) is 3.40. The number of methoxy groups -OCH3 is 1. The summed E-state index contributed by atoms with van der Waals surface area (Å²) < 4.78 is 35.0. The fourth-order valence-corrected chi connectivity index (χ4v) is 7.73. The minimum atomic E-state index is -4.25. The van der Waals surface area contributed by atoms with Crippen LogP contribution in [-0.4, -0.2) is 50.9 Å². The van der Waals surface area contributed by atoms with Crippen molar-refractivity contribution in [3.8, 4) is 5.75 Å². The molecule has 4 aromatic rings. The topological polar surface area (TPSA) is 96.0 Å². The van der Waals surface area contributed by atoms with E-state index in [1.165, 1.54) is 30.2 Å². The second-order valence-electron chi connectivity index (χ2n) is 12.3. The molecule has 1 saturated carbocycles. The maximum atomic E-state index is 14.7. The number of carbonyl (C=O) groups excluding carboxylic acids is 2. The van der Waals surface area contributed by atoms with E-state index in [1.807, 2.05) is 68.4 Å². The van der Waals surface area contributed by atoms with Crippen LogP contribution in [0.25, 0.3) is 0 Å². The van der Waals surface area contributed by atoms with Crippen molar-refractivity contribution in [1.29, 1.82) is 0 Å². The van der Waals surface area contributed by atoms with E-state index in [1.54, 1.807) is 24.3 Å². The van der Waals surface area contributed by atoms with Crippen molar-refractivity contribution in [2.24, 2.45) is 0 Å². The zero-order valence-corrected chi connectivity index (χ0v) is 29.1. The molecule has 0 saturated heterocycles. The summed E-state index contributed by atoms with van der Waals surface area (Å²) in [6.45, 7) is 3.37. The number of nitrogens with zero attached hydrogens (tertiary/aromatic N) is 2. The van der Waals surface area contributed by atoms with E-state index in [4.69, 9.17) is 16.3 Å². The first-order valence-corrected chi connectivity index (χ1v) is 18.0. The molecule has 1 atom stereocenters. The number of hydrogen-bond donors (Lipinski definition) is 1. The van der Waals surface area contributed by atoms with Crippen LogP contribution in [0.4, 0.5) is 5.69 Å². The minimum Gasteiger partial charge on any atom is -0.495 e. The number of aryl methyl sites for hydroxylation is 2. The summed E-state index contributed by atoms with van der Waals surface area (Å²) in [7, 11) is -2.78. The van der Waals surface area contributed by atoms with E-state index in [0.29, 0.717) is 5.75 Å². The summed E-state index contributed by atoms with van der Waals surface area (Å²) >= 11 is 6.48. The zero-order valence-electron chi connectivity index (χ0n) is 27.6. The summed E-state index contributed by atoms with van der Waals surface area (Å²) in [6, 6.07) is 27.4.